The van der Waals surface area contributed by atoms with Crippen LogP contribution in [-0.4, -0.2) is 13.7 Å². The van der Waals surface area contributed by atoms with Crippen LogP contribution < -0.4 is 0 Å². The van der Waals surface area contributed by atoms with Gasteiger partial charge >= 0.3 is 0 Å². The predicted molar refractivity (Wildman–Crippen MR) is 56.0 cm³/mol. The first kappa shape index (κ1) is 10.3. The Morgan fingerprint density at radius 2 is 1.92 bits per heavy atom. The highest BCUT2D eigenvalue weighted by Crippen LogP contribution is 2.20. The van der Waals surface area contributed by atoms with Crippen LogP contribution in [0.4, 0.5) is 0 Å². The van der Waals surface area contributed by atoms with E-state index in [-0.39, 0.29) is 0 Å². The molecule has 1 nitrogen and oxygen atoms in total. The summed E-state index contributed by atoms with van der Waals surface area (Å²) in [6.07, 6.45) is 2.42. The van der Waals surface area contributed by atoms with Gasteiger partial charge in [0.25, 0.3) is 0 Å². The van der Waals surface area contributed by atoms with Crippen LogP contribution in [0, 0.1) is 0 Å². The molecule has 0 saturated carbocycles. The number of ether oxygens (including phenoxy) is 1. The SMILES string of the molecule is CCCC(COC)c1ccccc1. The van der Waals surface area contributed by atoms with E-state index in [2.05, 4.69) is 37.3 Å². The van der Waals surface area contributed by atoms with Gasteiger partial charge < -0.3 is 4.74 Å². The van der Waals surface area contributed by atoms with Crippen LogP contribution in [0.3, 0.4) is 0 Å². The standard InChI is InChI=1S/C12H18O/c1-3-7-12(10-13-2)11-8-5-4-6-9-11/h4-6,8-9,12H,3,7,10H2,1-2H3. The first-order chi connectivity index (χ1) is 6.38. The van der Waals surface area contributed by atoms with Crippen LogP contribution in [-0.2, 0) is 4.74 Å². The number of rotatable bonds is 5. The Bertz CT molecular complexity index is 212. The number of methoxy groups -OCH3 is 1. The Labute approximate surface area is 80.7 Å². The topological polar surface area (TPSA) is 9.23 Å². The fraction of sp³-hybridized carbons (Fsp3) is 0.500. The zero-order valence-electron chi connectivity index (χ0n) is 8.49. The Morgan fingerprint density at radius 1 is 1.23 bits per heavy atom. The van der Waals surface area contributed by atoms with Gasteiger partial charge in [0.15, 0.2) is 0 Å². The monoisotopic (exact) mass is 178 g/mol. The van der Waals surface area contributed by atoms with Crippen LogP contribution in [0.15, 0.2) is 30.3 Å². The van der Waals surface area contributed by atoms with Crippen molar-refractivity contribution in [2.24, 2.45) is 0 Å². The fourth-order valence-electron chi connectivity index (χ4n) is 1.62. The van der Waals surface area contributed by atoms with E-state index in [9.17, 15) is 0 Å². The van der Waals surface area contributed by atoms with Crippen molar-refractivity contribution < 1.29 is 4.74 Å². The summed E-state index contributed by atoms with van der Waals surface area (Å²) in [6, 6.07) is 10.6. The van der Waals surface area contributed by atoms with E-state index < -0.39 is 0 Å². The van der Waals surface area contributed by atoms with Crippen molar-refractivity contribution in [2.75, 3.05) is 13.7 Å². The highest BCUT2D eigenvalue weighted by Gasteiger charge is 2.08. The van der Waals surface area contributed by atoms with Crippen LogP contribution in [0.2, 0.25) is 0 Å². The summed E-state index contributed by atoms with van der Waals surface area (Å²) in [5.74, 6) is 0.566. The largest absolute Gasteiger partial charge is 0.384 e. The molecule has 0 heterocycles. The average Bonchev–Trinajstić information content (AvgIpc) is 2.19. The van der Waals surface area contributed by atoms with Gasteiger partial charge in [0.05, 0.1) is 6.61 Å². The number of benzene rings is 1. The van der Waals surface area contributed by atoms with Crippen molar-refractivity contribution in [2.45, 2.75) is 25.7 Å². The molecule has 0 N–H and O–H groups in total. The van der Waals surface area contributed by atoms with Gasteiger partial charge in [-0.05, 0) is 12.0 Å². The third-order valence-electron chi connectivity index (χ3n) is 2.28. The first-order valence-corrected chi connectivity index (χ1v) is 4.92. The molecule has 1 unspecified atom stereocenters. The maximum absolute atomic E-state index is 5.21. The Kier molecular flexibility index (Phi) is 4.55. The summed E-state index contributed by atoms with van der Waals surface area (Å²) >= 11 is 0. The van der Waals surface area contributed by atoms with Gasteiger partial charge in [-0.15, -0.1) is 0 Å². The lowest BCUT2D eigenvalue weighted by Crippen LogP contribution is -2.05. The Morgan fingerprint density at radius 3 is 2.46 bits per heavy atom. The quantitative estimate of drug-likeness (QED) is 0.672. The zero-order valence-corrected chi connectivity index (χ0v) is 8.49. The highest BCUT2D eigenvalue weighted by atomic mass is 16.5. The predicted octanol–water partition coefficient (Wildman–Crippen LogP) is 3.22. The first-order valence-electron chi connectivity index (χ1n) is 4.92. The molecule has 1 rings (SSSR count). The average molecular weight is 178 g/mol. The molecule has 0 fully saturated rings. The van der Waals surface area contributed by atoms with Crippen molar-refractivity contribution in [1.82, 2.24) is 0 Å². The molecule has 0 bridgehead atoms. The van der Waals surface area contributed by atoms with Crippen LogP contribution in [0.1, 0.15) is 31.2 Å². The van der Waals surface area contributed by atoms with E-state index in [0.717, 1.165) is 6.61 Å². The van der Waals surface area contributed by atoms with Gasteiger partial charge in [0, 0.05) is 13.0 Å². The van der Waals surface area contributed by atoms with E-state index in [0.29, 0.717) is 5.92 Å². The molecular weight excluding hydrogens is 160 g/mol. The smallest absolute Gasteiger partial charge is 0.0530 e. The minimum Gasteiger partial charge on any atom is -0.384 e. The lowest BCUT2D eigenvalue weighted by Gasteiger charge is -2.14. The molecule has 0 aromatic heterocycles. The molecule has 0 radical (unpaired) electrons. The molecule has 1 atom stereocenters. The van der Waals surface area contributed by atoms with Gasteiger partial charge in [-0.3, -0.25) is 0 Å². The zero-order chi connectivity index (χ0) is 9.52. The van der Waals surface area contributed by atoms with E-state index >= 15 is 0 Å². The molecular formula is C12H18O. The van der Waals surface area contributed by atoms with Crippen molar-refractivity contribution in [3.8, 4) is 0 Å². The minimum atomic E-state index is 0.566. The maximum atomic E-state index is 5.21. The summed E-state index contributed by atoms with van der Waals surface area (Å²) in [6.45, 7) is 3.05. The van der Waals surface area contributed by atoms with Gasteiger partial charge in [0.2, 0.25) is 0 Å². The van der Waals surface area contributed by atoms with Crippen LogP contribution in [0.25, 0.3) is 0 Å². The third kappa shape index (κ3) is 3.19. The highest BCUT2D eigenvalue weighted by molar-refractivity contribution is 5.19. The second-order valence-corrected chi connectivity index (χ2v) is 3.35. The molecule has 13 heavy (non-hydrogen) atoms. The van der Waals surface area contributed by atoms with Crippen LogP contribution in [0.5, 0.6) is 0 Å². The molecule has 0 aliphatic rings. The van der Waals surface area contributed by atoms with E-state index in [4.69, 9.17) is 4.74 Å². The second kappa shape index (κ2) is 5.76. The molecule has 0 saturated heterocycles. The molecule has 1 aromatic rings. The van der Waals surface area contributed by atoms with Gasteiger partial charge in [-0.2, -0.15) is 0 Å². The number of hydrogen-bond acceptors (Lipinski definition) is 1. The fourth-order valence-corrected chi connectivity index (χ4v) is 1.62. The van der Waals surface area contributed by atoms with E-state index in [1.165, 1.54) is 18.4 Å². The second-order valence-electron chi connectivity index (χ2n) is 3.35. The normalized spacial score (nSPS) is 12.8. The summed E-state index contributed by atoms with van der Waals surface area (Å²) in [7, 11) is 1.77. The molecule has 1 aromatic carbocycles. The number of hydrogen-bond donors (Lipinski definition) is 0. The molecule has 0 spiro atoms. The van der Waals surface area contributed by atoms with E-state index in [1.54, 1.807) is 7.11 Å². The summed E-state index contributed by atoms with van der Waals surface area (Å²) in [5, 5.41) is 0. The van der Waals surface area contributed by atoms with Crippen molar-refractivity contribution in [3.05, 3.63) is 35.9 Å². The summed E-state index contributed by atoms with van der Waals surface area (Å²) in [4.78, 5) is 0. The Balaban J connectivity index is 2.64. The van der Waals surface area contributed by atoms with Crippen molar-refractivity contribution in [1.29, 1.82) is 0 Å². The molecule has 0 aliphatic carbocycles. The van der Waals surface area contributed by atoms with Crippen LogP contribution >= 0.6 is 0 Å². The van der Waals surface area contributed by atoms with Crippen molar-refractivity contribution in [3.63, 3.8) is 0 Å². The molecule has 1 heteroatoms. The van der Waals surface area contributed by atoms with E-state index in [1.807, 2.05) is 0 Å². The molecule has 72 valence electrons. The van der Waals surface area contributed by atoms with Gasteiger partial charge in [-0.1, -0.05) is 43.7 Å². The molecule has 0 aliphatic heterocycles. The van der Waals surface area contributed by atoms with Gasteiger partial charge in [-0.25, -0.2) is 0 Å². The summed E-state index contributed by atoms with van der Waals surface area (Å²) in [5.41, 5.74) is 1.39. The third-order valence-corrected chi connectivity index (χ3v) is 2.28. The van der Waals surface area contributed by atoms with Gasteiger partial charge in [0.1, 0.15) is 0 Å². The molecule has 0 amide bonds. The Hall–Kier alpha value is -0.820. The maximum Gasteiger partial charge on any atom is 0.0530 e. The lowest BCUT2D eigenvalue weighted by atomic mass is 9.95. The minimum absolute atomic E-state index is 0.566. The lowest BCUT2D eigenvalue weighted by molar-refractivity contribution is 0.175. The van der Waals surface area contributed by atoms with Crippen molar-refractivity contribution >= 4 is 0 Å². The summed E-state index contributed by atoms with van der Waals surface area (Å²) < 4.78 is 5.21.